The van der Waals surface area contributed by atoms with Crippen LogP contribution < -0.4 is 14.9 Å². The Labute approximate surface area is 206 Å². The molecule has 11 heteroatoms. The van der Waals surface area contributed by atoms with Crippen LogP contribution in [0.15, 0.2) is 71.2 Å². The molecule has 1 amide bonds. The van der Waals surface area contributed by atoms with Crippen LogP contribution in [-0.2, 0) is 21.4 Å². The minimum absolute atomic E-state index is 0.0212. The Bertz CT molecular complexity index is 1420. The zero-order valence-corrected chi connectivity index (χ0v) is 20.4. The number of hydrogen-bond donors (Lipinski definition) is 2. The van der Waals surface area contributed by atoms with Gasteiger partial charge in [-0.05, 0) is 54.3 Å². The molecule has 1 atom stereocenters. The largest absolute Gasteiger partial charge is 0.369 e. The van der Waals surface area contributed by atoms with Gasteiger partial charge in [0, 0.05) is 53.1 Å². The van der Waals surface area contributed by atoms with Gasteiger partial charge in [-0.25, -0.2) is 13.4 Å². The third kappa shape index (κ3) is 4.89. The molecule has 176 valence electrons. The maximum atomic E-state index is 12.7. The second-order valence-electron chi connectivity index (χ2n) is 8.08. The van der Waals surface area contributed by atoms with E-state index in [1.165, 1.54) is 11.3 Å². The first kappa shape index (κ1) is 22.7. The van der Waals surface area contributed by atoms with Gasteiger partial charge in [-0.15, -0.1) is 11.3 Å². The smallest absolute Gasteiger partial charge is 0.263 e. The molecule has 0 radical (unpaired) electrons. The van der Waals surface area contributed by atoms with Crippen molar-refractivity contribution in [2.45, 2.75) is 23.9 Å². The highest BCUT2D eigenvalue weighted by molar-refractivity contribution is 7.93. The van der Waals surface area contributed by atoms with Crippen LogP contribution in [0.1, 0.15) is 6.42 Å². The Hall–Kier alpha value is -3.08. The summed E-state index contributed by atoms with van der Waals surface area (Å²) in [6.07, 6.45) is 4.25. The van der Waals surface area contributed by atoms with Crippen LogP contribution in [0.4, 0.5) is 10.8 Å². The van der Waals surface area contributed by atoms with Gasteiger partial charge in [0.25, 0.3) is 10.0 Å². The van der Waals surface area contributed by atoms with Gasteiger partial charge in [-0.2, -0.15) is 0 Å². The van der Waals surface area contributed by atoms with Crippen LogP contribution in [0.5, 0.6) is 0 Å². The van der Waals surface area contributed by atoms with E-state index in [1.54, 1.807) is 35.8 Å². The van der Waals surface area contributed by atoms with Crippen LogP contribution >= 0.6 is 22.9 Å². The first-order valence-corrected chi connectivity index (χ1v) is 13.4. The molecule has 2 N–H and O–H groups in total. The number of hydrogen-bond acceptors (Lipinski definition) is 6. The molecule has 1 fully saturated rings. The number of nitrogens with zero attached hydrogens (tertiary/aromatic N) is 3. The molecular formula is C23H22ClN5O3S2. The molecule has 0 unspecified atom stereocenters. The monoisotopic (exact) mass is 515 g/mol. The van der Waals surface area contributed by atoms with Gasteiger partial charge in [0.2, 0.25) is 5.91 Å². The van der Waals surface area contributed by atoms with E-state index in [0.29, 0.717) is 16.7 Å². The number of thiazole rings is 1. The predicted molar refractivity (Wildman–Crippen MR) is 135 cm³/mol. The summed E-state index contributed by atoms with van der Waals surface area (Å²) in [5.41, 5.74) is 1.84. The predicted octanol–water partition coefficient (Wildman–Crippen LogP) is 3.95. The van der Waals surface area contributed by atoms with Crippen molar-refractivity contribution in [3.8, 4) is 0 Å². The SMILES string of the molecule is O=C(Cn1ccc2ccc(Cl)cc21)N[C@H]1CCN(c2ccc(S(=O)(=O)Nc3nccs3)cc2)C1. The Balaban J connectivity index is 1.18. The number of carbonyl (C=O) groups is 1. The minimum atomic E-state index is -3.68. The zero-order valence-electron chi connectivity index (χ0n) is 18.0. The summed E-state index contributed by atoms with van der Waals surface area (Å²) in [4.78, 5) is 18.9. The van der Waals surface area contributed by atoms with E-state index < -0.39 is 10.0 Å². The van der Waals surface area contributed by atoms with E-state index in [2.05, 4.69) is 19.9 Å². The first-order chi connectivity index (χ1) is 16.4. The molecule has 34 heavy (non-hydrogen) atoms. The number of rotatable bonds is 7. The molecule has 2 aromatic heterocycles. The van der Waals surface area contributed by atoms with Crippen LogP contribution in [0.3, 0.4) is 0 Å². The summed E-state index contributed by atoms with van der Waals surface area (Å²) in [7, 11) is -3.68. The fourth-order valence-corrected chi connectivity index (χ4v) is 6.07. The number of fused-ring (bicyclic) bond motifs is 1. The topological polar surface area (TPSA) is 96.3 Å². The lowest BCUT2D eigenvalue weighted by Gasteiger charge is -2.19. The maximum Gasteiger partial charge on any atom is 0.263 e. The molecule has 3 heterocycles. The molecule has 1 saturated heterocycles. The molecule has 8 nitrogen and oxygen atoms in total. The molecule has 1 aliphatic rings. The molecule has 0 bridgehead atoms. The van der Waals surface area contributed by atoms with Crippen molar-refractivity contribution in [2.75, 3.05) is 22.7 Å². The lowest BCUT2D eigenvalue weighted by molar-refractivity contribution is -0.122. The van der Waals surface area contributed by atoms with Crippen molar-refractivity contribution in [3.05, 3.63) is 71.3 Å². The summed E-state index contributed by atoms with van der Waals surface area (Å²) in [5, 5.41) is 6.83. The highest BCUT2D eigenvalue weighted by Gasteiger charge is 2.25. The van der Waals surface area contributed by atoms with Crippen LogP contribution in [0.25, 0.3) is 10.9 Å². The van der Waals surface area contributed by atoms with Gasteiger partial charge in [0.1, 0.15) is 6.54 Å². The minimum Gasteiger partial charge on any atom is -0.369 e. The molecule has 2 aromatic carbocycles. The van der Waals surface area contributed by atoms with E-state index >= 15 is 0 Å². The van der Waals surface area contributed by atoms with Gasteiger partial charge < -0.3 is 14.8 Å². The lowest BCUT2D eigenvalue weighted by atomic mass is 10.2. The molecule has 4 aromatic rings. The molecule has 1 aliphatic heterocycles. The molecule has 5 rings (SSSR count). The average molecular weight is 516 g/mol. The van der Waals surface area contributed by atoms with Crippen LogP contribution in [-0.4, -0.2) is 43.0 Å². The van der Waals surface area contributed by atoms with E-state index in [-0.39, 0.29) is 23.4 Å². The van der Waals surface area contributed by atoms with Crippen LogP contribution in [0.2, 0.25) is 5.02 Å². The summed E-state index contributed by atoms with van der Waals surface area (Å²) < 4.78 is 29.4. The van der Waals surface area contributed by atoms with Crippen molar-refractivity contribution in [3.63, 3.8) is 0 Å². The number of carbonyl (C=O) groups excluding carboxylic acids is 1. The van der Waals surface area contributed by atoms with E-state index in [0.717, 1.165) is 29.6 Å². The van der Waals surface area contributed by atoms with E-state index in [9.17, 15) is 13.2 Å². The molecule has 0 saturated carbocycles. The maximum absolute atomic E-state index is 12.7. The molecular weight excluding hydrogens is 494 g/mol. The summed E-state index contributed by atoms with van der Waals surface area (Å²) >= 11 is 7.33. The first-order valence-electron chi connectivity index (χ1n) is 10.7. The van der Waals surface area contributed by atoms with E-state index in [4.69, 9.17) is 11.6 Å². The number of aromatic nitrogens is 2. The van der Waals surface area contributed by atoms with Crippen molar-refractivity contribution in [1.82, 2.24) is 14.9 Å². The number of nitrogens with one attached hydrogen (secondary N) is 2. The average Bonchev–Trinajstić information content (AvgIpc) is 3.56. The third-order valence-corrected chi connectivity index (χ3v) is 8.18. The standard InChI is InChI=1S/C23H22ClN5O3S2/c24-17-2-1-16-7-10-29(21(16)13-17)15-22(30)26-18-8-11-28(14-18)19-3-5-20(6-4-19)34(31,32)27-23-25-9-12-33-23/h1-7,9-10,12-13,18H,8,11,14-15H2,(H,25,27)(H,26,30)/t18-/m0/s1. The van der Waals surface area contributed by atoms with Gasteiger partial charge in [-0.1, -0.05) is 17.7 Å². The second-order valence-corrected chi connectivity index (χ2v) is 11.1. The Morgan fingerprint density at radius 3 is 2.76 bits per heavy atom. The normalized spacial score (nSPS) is 16.1. The van der Waals surface area contributed by atoms with Gasteiger partial charge >= 0.3 is 0 Å². The van der Waals surface area contributed by atoms with E-state index in [1.807, 2.05) is 35.0 Å². The van der Waals surface area contributed by atoms with Crippen molar-refractivity contribution < 1.29 is 13.2 Å². The number of halogens is 1. The third-order valence-electron chi connectivity index (χ3n) is 5.77. The van der Waals surface area contributed by atoms with Crippen LogP contribution in [0, 0.1) is 0 Å². The summed E-state index contributed by atoms with van der Waals surface area (Å²) in [5.74, 6) is -0.0565. The van der Waals surface area contributed by atoms with Crippen molar-refractivity contribution in [1.29, 1.82) is 0 Å². The number of amides is 1. The lowest BCUT2D eigenvalue weighted by Crippen LogP contribution is -2.38. The second kappa shape index (κ2) is 9.28. The Morgan fingerprint density at radius 2 is 2.00 bits per heavy atom. The Morgan fingerprint density at radius 1 is 1.18 bits per heavy atom. The number of anilines is 2. The number of sulfonamides is 1. The fraction of sp³-hybridized carbons (Fsp3) is 0.217. The number of benzene rings is 2. The van der Waals surface area contributed by atoms with Gasteiger partial charge in [-0.3, -0.25) is 9.52 Å². The quantitative estimate of drug-likeness (QED) is 0.388. The van der Waals surface area contributed by atoms with Gasteiger partial charge in [0.05, 0.1) is 4.90 Å². The highest BCUT2D eigenvalue weighted by Crippen LogP contribution is 2.24. The van der Waals surface area contributed by atoms with Crippen molar-refractivity contribution >= 4 is 60.6 Å². The summed E-state index contributed by atoms with van der Waals surface area (Å²) in [6, 6.07) is 14.4. The van der Waals surface area contributed by atoms with Gasteiger partial charge in [0.15, 0.2) is 5.13 Å². The summed E-state index contributed by atoms with van der Waals surface area (Å²) in [6.45, 7) is 1.66. The van der Waals surface area contributed by atoms with Crippen molar-refractivity contribution in [2.24, 2.45) is 0 Å². The highest BCUT2D eigenvalue weighted by atomic mass is 35.5. The molecule has 0 spiro atoms. The molecule has 0 aliphatic carbocycles. The Kier molecular flexibility index (Phi) is 6.20. The zero-order chi connectivity index (χ0) is 23.7. The fourth-order valence-electron chi connectivity index (χ4n) is 4.12.